The number of nitrogens with one attached hydrogen (secondary N) is 1. The summed E-state index contributed by atoms with van der Waals surface area (Å²) >= 11 is 0. The summed E-state index contributed by atoms with van der Waals surface area (Å²) in [5, 5.41) is 12.9. The molecular formula is C10H12N2O4. The molecule has 1 aromatic rings. The Morgan fingerprint density at radius 1 is 1.56 bits per heavy atom. The van der Waals surface area contributed by atoms with Gasteiger partial charge in [-0.3, -0.25) is 14.9 Å². The van der Waals surface area contributed by atoms with Crippen LogP contribution in [0.15, 0.2) is 22.6 Å². The summed E-state index contributed by atoms with van der Waals surface area (Å²) in [7, 11) is 0. The van der Waals surface area contributed by atoms with Crippen molar-refractivity contribution in [2.75, 3.05) is 0 Å². The molecule has 1 rings (SSSR count). The van der Waals surface area contributed by atoms with Gasteiger partial charge in [0.05, 0.1) is 6.07 Å². The fourth-order valence-electron chi connectivity index (χ4n) is 1.02. The van der Waals surface area contributed by atoms with Gasteiger partial charge >= 0.3 is 5.88 Å². The summed E-state index contributed by atoms with van der Waals surface area (Å²) in [6.07, 6.45) is 2.65. The maximum Gasteiger partial charge on any atom is 0.433 e. The average Bonchev–Trinajstić information content (AvgIpc) is 2.61. The summed E-state index contributed by atoms with van der Waals surface area (Å²) < 4.78 is 4.83. The van der Waals surface area contributed by atoms with Crippen molar-refractivity contribution < 1.29 is 14.1 Å². The average molecular weight is 224 g/mol. The number of carbonyl (C=O) groups excluding carboxylic acids is 1. The van der Waals surface area contributed by atoms with E-state index in [0.29, 0.717) is 0 Å². The molecule has 0 aromatic carbocycles. The lowest BCUT2D eigenvalue weighted by atomic mass is 10.3. The molecule has 86 valence electrons. The first-order valence-corrected chi connectivity index (χ1v) is 4.72. The second kappa shape index (κ2) is 5.11. The molecule has 0 bridgehead atoms. The van der Waals surface area contributed by atoms with Crippen molar-refractivity contribution in [1.82, 2.24) is 5.32 Å². The number of hydrogen-bond donors (Lipinski definition) is 1. The highest BCUT2D eigenvalue weighted by molar-refractivity contribution is 5.91. The minimum Gasteiger partial charge on any atom is -0.401 e. The van der Waals surface area contributed by atoms with Gasteiger partial charge in [0.15, 0.2) is 0 Å². The molecule has 1 amide bonds. The molecular weight excluding hydrogens is 212 g/mol. The molecule has 0 saturated carbocycles. The Kier molecular flexibility index (Phi) is 3.82. The van der Waals surface area contributed by atoms with Crippen molar-refractivity contribution in [2.45, 2.75) is 19.9 Å². The predicted molar refractivity (Wildman–Crippen MR) is 57.7 cm³/mol. The number of nitrogens with zero attached hydrogens (tertiary/aromatic N) is 1. The SMILES string of the molecule is CC(C)NC(=O)/C=C/c1ccc([N+](=O)[O-])o1. The van der Waals surface area contributed by atoms with Crippen LogP contribution in [0.5, 0.6) is 0 Å². The van der Waals surface area contributed by atoms with E-state index in [1.807, 2.05) is 13.8 Å². The van der Waals surface area contributed by atoms with Crippen LogP contribution in [0.25, 0.3) is 6.08 Å². The fraction of sp³-hybridized carbons (Fsp3) is 0.300. The molecule has 16 heavy (non-hydrogen) atoms. The normalized spacial score (nSPS) is 10.9. The first-order chi connectivity index (χ1) is 7.49. The van der Waals surface area contributed by atoms with E-state index >= 15 is 0 Å². The van der Waals surface area contributed by atoms with Gasteiger partial charge in [0.2, 0.25) is 5.91 Å². The molecule has 1 heterocycles. The van der Waals surface area contributed by atoms with Crippen LogP contribution < -0.4 is 5.32 Å². The largest absolute Gasteiger partial charge is 0.433 e. The molecule has 0 atom stereocenters. The van der Waals surface area contributed by atoms with Crippen molar-refractivity contribution >= 4 is 17.9 Å². The number of rotatable bonds is 4. The lowest BCUT2D eigenvalue weighted by Gasteiger charge is -2.03. The van der Waals surface area contributed by atoms with E-state index in [1.54, 1.807) is 0 Å². The zero-order valence-electron chi connectivity index (χ0n) is 8.97. The lowest BCUT2D eigenvalue weighted by Crippen LogP contribution is -2.28. The molecule has 0 spiro atoms. The Morgan fingerprint density at radius 2 is 2.25 bits per heavy atom. The maximum atomic E-state index is 11.2. The summed E-state index contributed by atoms with van der Waals surface area (Å²) in [5.74, 6) is -0.344. The van der Waals surface area contributed by atoms with E-state index in [9.17, 15) is 14.9 Å². The van der Waals surface area contributed by atoms with E-state index in [1.165, 1.54) is 24.3 Å². The highest BCUT2D eigenvalue weighted by Crippen LogP contribution is 2.16. The lowest BCUT2D eigenvalue weighted by molar-refractivity contribution is -0.402. The van der Waals surface area contributed by atoms with Crippen molar-refractivity contribution in [1.29, 1.82) is 0 Å². The van der Waals surface area contributed by atoms with Crippen LogP contribution in [0.3, 0.4) is 0 Å². The molecule has 0 aliphatic rings. The van der Waals surface area contributed by atoms with Crippen molar-refractivity contribution in [3.05, 3.63) is 34.1 Å². The summed E-state index contributed by atoms with van der Waals surface area (Å²) in [4.78, 5) is 20.9. The molecule has 0 fully saturated rings. The van der Waals surface area contributed by atoms with Crippen LogP contribution in [0.4, 0.5) is 5.88 Å². The number of carbonyl (C=O) groups is 1. The van der Waals surface area contributed by atoms with Crippen LogP contribution in [0, 0.1) is 10.1 Å². The highest BCUT2D eigenvalue weighted by atomic mass is 16.6. The van der Waals surface area contributed by atoms with Crippen molar-refractivity contribution in [3.8, 4) is 0 Å². The first-order valence-electron chi connectivity index (χ1n) is 4.72. The molecule has 6 nitrogen and oxygen atoms in total. The Hall–Kier alpha value is -2.11. The minimum atomic E-state index is -0.633. The number of nitro groups is 1. The molecule has 0 saturated heterocycles. The van der Waals surface area contributed by atoms with Crippen LogP contribution in [0.2, 0.25) is 0 Å². The smallest absolute Gasteiger partial charge is 0.401 e. The third-order valence-electron chi connectivity index (χ3n) is 1.62. The topological polar surface area (TPSA) is 85.4 Å². The molecule has 1 N–H and O–H groups in total. The van der Waals surface area contributed by atoms with Gasteiger partial charge in [0.25, 0.3) is 0 Å². The van der Waals surface area contributed by atoms with Crippen molar-refractivity contribution in [2.24, 2.45) is 0 Å². The highest BCUT2D eigenvalue weighted by Gasteiger charge is 2.10. The standard InChI is InChI=1S/C10H12N2O4/c1-7(2)11-9(13)5-3-8-4-6-10(16-8)12(14)15/h3-7H,1-2H3,(H,11,13)/b5-3+. The number of hydrogen-bond acceptors (Lipinski definition) is 4. The quantitative estimate of drug-likeness (QED) is 0.479. The van der Waals surface area contributed by atoms with Gasteiger partial charge in [-0.25, -0.2) is 0 Å². The Morgan fingerprint density at radius 3 is 2.75 bits per heavy atom. The number of amides is 1. The second-order valence-corrected chi connectivity index (χ2v) is 3.43. The fourth-order valence-corrected chi connectivity index (χ4v) is 1.02. The summed E-state index contributed by atoms with van der Waals surface area (Å²) in [6, 6.07) is 2.71. The van der Waals surface area contributed by atoms with Gasteiger partial charge in [-0.1, -0.05) is 0 Å². The molecule has 0 aliphatic heterocycles. The summed E-state index contributed by atoms with van der Waals surface area (Å²) in [6.45, 7) is 3.67. The molecule has 1 aromatic heterocycles. The third-order valence-corrected chi connectivity index (χ3v) is 1.62. The second-order valence-electron chi connectivity index (χ2n) is 3.43. The van der Waals surface area contributed by atoms with Crippen LogP contribution in [-0.2, 0) is 4.79 Å². The maximum absolute atomic E-state index is 11.2. The first kappa shape index (κ1) is 12.0. The van der Waals surface area contributed by atoms with Gasteiger partial charge in [-0.2, -0.15) is 0 Å². The van der Waals surface area contributed by atoms with Crippen LogP contribution in [-0.4, -0.2) is 16.9 Å². The zero-order chi connectivity index (χ0) is 12.1. The monoisotopic (exact) mass is 224 g/mol. The van der Waals surface area contributed by atoms with E-state index < -0.39 is 4.92 Å². The molecule has 0 unspecified atom stereocenters. The van der Waals surface area contributed by atoms with E-state index in [-0.39, 0.29) is 23.6 Å². The Bertz CT molecular complexity index is 420. The van der Waals surface area contributed by atoms with Gasteiger partial charge in [0, 0.05) is 12.1 Å². The van der Waals surface area contributed by atoms with Gasteiger partial charge in [-0.15, -0.1) is 0 Å². The molecule has 6 heteroatoms. The summed E-state index contributed by atoms with van der Waals surface area (Å²) in [5.41, 5.74) is 0. The predicted octanol–water partition coefficient (Wildman–Crippen LogP) is 1.73. The van der Waals surface area contributed by atoms with Gasteiger partial charge in [-0.05, 0) is 26.0 Å². The number of furan rings is 1. The van der Waals surface area contributed by atoms with Gasteiger partial charge < -0.3 is 9.73 Å². The van der Waals surface area contributed by atoms with E-state index in [4.69, 9.17) is 4.42 Å². The Balaban J connectivity index is 2.62. The van der Waals surface area contributed by atoms with Crippen molar-refractivity contribution in [3.63, 3.8) is 0 Å². The van der Waals surface area contributed by atoms with Gasteiger partial charge in [0.1, 0.15) is 10.7 Å². The van der Waals surface area contributed by atoms with Crippen LogP contribution >= 0.6 is 0 Å². The zero-order valence-corrected chi connectivity index (χ0v) is 8.97. The van der Waals surface area contributed by atoms with E-state index in [0.717, 1.165) is 0 Å². The Labute approximate surface area is 92.1 Å². The van der Waals surface area contributed by atoms with E-state index in [2.05, 4.69) is 5.32 Å². The van der Waals surface area contributed by atoms with Crippen LogP contribution in [0.1, 0.15) is 19.6 Å². The minimum absolute atomic E-state index is 0.0445. The molecule has 0 aliphatic carbocycles. The third kappa shape index (κ3) is 3.56. The molecule has 0 radical (unpaired) electrons.